The molecular formula is C26H36N2O6+2. The zero-order chi connectivity index (χ0) is 24.2. The van der Waals surface area contributed by atoms with Gasteiger partial charge in [0.1, 0.15) is 69.2 Å². The number of hydrogen-bond acceptors (Lipinski definition) is 6. The van der Waals surface area contributed by atoms with E-state index in [9.17, 15) is 9.90 Å². The van der Waals surface area contributed by atoms with E-state index in [1.165, 1.54) is 15.5 Å². The molecule has 0 radical (unpaired) electrons. The molecule has 0 saturated carbocycles. The molecule has 1 aliphatic heterocycles. The maximum Gasteiger partial charge on any atom is 0.338 e. The van der Waals surface area contributed by atoms with Crippen LogP contribution in [-0.2, 0) is 9.47 Å². The third kappa shape index (κ3) is 8.14. The van der Waals surface area contributed by atoms with Crippen LogP contribution in [0.25, 0.3) is 0 Å². The van der Waals surface area contributed by atoms with Crippen molar-refractivity contribution in [1.29, 1.82) is 0 Å². The third-order valence-electron chi connectivity index (χ3n) is 5.81. The molecule has 2 aromatic rings. The lowest BCUT2D eigenvalue weighted by atomic mass is 10.2. The number of piperazine rings is 1. The molecule has 0 amide bonds. The first-order chi connectivity index (χ1) is 16.6. The zero-order valence-electron chi connectivity index (χ0n) is 19.8. The topological polar surface area (TPSA) is 83.1 Å². The zero-order valence-corrected chi connectivity index (χ0v) is 19.8. The van der Waals surface area contributed by atoms with Gasteiger partial charge in [-0.1, -0.05) is 6.08 Å². The van der Waals surface area contributed by atoms with E-state index >= 15 is 0 Å². The van der Waals surface area contributed by atoms with Crippen molar-refractivity contribution in [3.8, 4) is 11.5 Å². The summed E-state index contributed by atoms with van der Waals surface area (Å²) in [5.74, 6) is 1.06. The van der Waals surface area contributed by atoms with Crippen LogP contribution in [0.3, 0.4) is 0 Å². The molecule has 184 valence electrons. The number of carbonyl (C=O) groups excluding carboxylic acids is 1. The van der Waals surface area contributed by atoms with E-state index in [4.69, 9.17) is 18.9 Å². The van der Waals surface area contributed by atoms with Crippen molar-refractivity contribution in [3.63, 3.8) is 0 Å². The number of ether oxygens (including phenoxy) is 4. The van der Waals surface area contributed by atoms with Crippen molar-refractivity contribution in [3.05, 3.63) is 66.7 Å². The molecule has 0 aliphatic carbocycles. The molecule has 3 N–H and O–H groups in total. The number of benzene rings is 2. The average molecular weight is 473 g/mol. The first kappa shape index (κ1) is 25.7. The molecule has 1 heterocycles. The summed E-state index contributed by atoms with van der Waals surface area (Å²) in [7, 11) is 1.67. The molecule has 0 spiro atoms. The van der Waals surface area contributed by atoms with Crippen molar-refractivity contribution in [2.24, 2.45) is 0 Å². The maximum absolute atomic E-state index is 12.3. The highest BCUT2D eigenvalue weighted by Crippen LogP contribution is 2.13. The minimum absolute atomic E-state index is 0.0176. The molecular weight excluding hydrogens is 436 g/mol. The van der Waals surface area contributed by atoms with Gasteiger partial charge < -0.3 is 29.0 Å². The fourth-order valence-corrected chi connectivity index (χ4v) is 3.94. The second kappa shape index (κ2) is 13.7. The molecule has 1 saturated heterocycles. The second-order valence-electron chi connectivity index (χ2n) is 8.27. The van der Waals surface area contributed by atoms with Crippen LogP contribution in [0.15, 0.2) is 61.2 Å². The first-order valence-corrected chi connectivity index (χ1v) is 11.7. The Bertz CT molecular complexity index is 879. The van der Waals surface area contributed by atoms with E-state index in [1.54, 1.807) is 37.5 Å². The van der Waals surface area contributed by atoms with E-state index in [1.807, 2.05) is 12.1 Å². The van der Waals surface area contributed by atoms with Crippen molar-refractivity contribution in [1.82, 2.24) is 0 Å². The smallest absolute Gasteiger partial charge is 0.338 e. The van der Waals surface area contributed by atoms with Gasteiger partial charge in [-0.05, 0) is 36.4 Å². The quantitative estimate of drug-likeness (QED) is 0.215. The number of rotatable bonds is 13. The van der Waals surface area contributed by atoms with Gasteiger partial charge in [0.15, 0.2) is 0 Å². The van der Waals surface area contributed by atoms with Gasteiger partial charge in [-0.15, -0.1) is 6.58 Å². The van der Waals surface area contributed by atoms with Crippen LogP contribution < -0.4 is 19.3 Å². The summed E-state index contributed by atoms with van der Waals surface area (Å²) in [5.41, 5.74) is 1.68. The molecule has 1 atom stereocenters. The lowest BCUT2D eigenvalue weighted by Crippen LogP contribution is -3.26. The molecule has 34 heavy (non-hydrogen) atoms. The Labute approximate surface area is 201 Å². The summed E-state index contributed by atoms with van der Waals surface area (Å²) < 4.78 is 21.4. The lowest BCUT2D eigenvalue weighted by molar-refractivity contribution is -0.988. The Balaban J connectivity index is 1.34. The van der Waals surface area contributed by atoms with Crippen molar-refractivity contribution in [2.45, 2.75) is 6.10 Å². The van der Waals surface area contributed by atoms with Crippen LogP contribution >= 0.6 is 0 Å². The molecule has 3 rings (SSSR count). The number of aliphatic hydroxyl groups is 1. The Morgan fingerprint density at radius 1 is 1.03 bits per heavy atom. The third-order valence-corrected chi connectivity index (χ3v) is 5.81. The highest BCUT2D eigenvalue weighted by Gasteiger charge is 2.26. The number of methoxy groups -OCH3 is 1. The van der Waals surface area contributed by atoms with Gasteiger partial charge in [0.2, 0.25) is 0 Å². The van der Waals surface area contributed by atoms with Crippen LogP contribution in [0.1, 0.15) is 10.4 Å². The summed E-state index contributed by atoms with van der Waals surface area (Å²) in [4.78, 5) is 15.1. The van der Waals surface area contributed by atoms with Gasteiger partial charge in [0.25, 0.3) is 0 Å². The number of carbonyl (C=O) groups is 1. The predicted octanol–water partition coefficient (Wildman–Crippen LogP) is -0.0906. The highest BCUT2D eigenvalue weighted by atomic mass is 16.5. The summed E-state index contributed by atoms with van der Waals surface area (Å²) >= 11 is 0. The summed E-state index contributed by atoms with van der Waals surface area (Å²) in [6.45, 7) is 9.38. The van der Waals surface area contributed by atoms with Crippen molar-refractivity contribution in [2.75, 3.05) is 66.3 Å². The summed E-state index contributed by atoms with van der Waals surface area (Å²) in [6.07, 6.45) is 0.989. The van der Waals surface area contributed by atoms with Crippen LogP contribution in [-0.4, -0.2) is 83.4 Å². The number of hydrogen-bond donors (Lipinski definition) is 3. The van der Waals surface area contributed by atoms with Gasteiger partial charge in [-0.25, -0.2) is 4.79 Å². The minimum Gasteiger partial charge on any atom is -0.497 e. The fourth-order valence-electron chi connectivity index (χ4n) is 3.94. The highest BCUT2D eigenvalue weighted by molar-refractivity contribution is 5.89. The molecule has 1 unspecified atom stereocenters. The van der Waals surface area contributed by atoms with E-state index in [0.29, 0.717) is 37.7 Å². The van der Waals surface area contributed by atoms with Crippen LogP contribution in [0, 0.1) is 0 Å². The Hall–Kier alpha value is -2.91. The number of quaternary nitrogens is 2. The van der Waals surface area contributed by atoms with Crippen LogP contribution in [0.2, 0.25) is 0 Å². The van der Waals surface area contributed by atoms with E-state index in [0.717, 1.165) is 31.9 Å². The normalized spacial score (nSPS) is 18.6. The standard InChI is InChI=1S/C26H34N2O6/c1-3-16-32-17-18-33-25-8-4-21(5-9-25)26(30)34-20-23(29)19-27-12-14-28(15-13-27)22-6-10-24(31-2)11-7-22/h3-11,23,29H,1,12-20H2,2H3/p+2. The Morgan fingerprint density at radius 3 is 2.35 bits per heavy atom. The number of nitrogens with one attached hydrogen (secondary N) is 2. The summed E-state index contributed by atoms with van der Waals surface area (Å²) in [5, 5.41) is 10.4. The molecule has 0 bridgehead atoms. The average Bonchev–Trinajstić information content (AvgIpc) is 2.88. The number of aliphatic hydroxyl groups excluding tert-OH is 1. The monoisotopic (exact) mass is 472 g/mol. The van der Waals surface area contributed by atoms with E-state index < -0.39 is 12.1 Å². The molecule has 1 aliphatic rings. The van der Waals surface area contributed by atoms with Crippen LogP contribution in [0.4, 0.5) is 5.69 Å². The first-order valence-electron chi connectivity index (χ1n) is 11.7. The Morgan fingerprint density at radius 2 is 1.71 bits per heavy atom. The number of esters is 1. The minimum atomic E-state index is -0.695. The van der Waals surface area contributed by atoms with Crippen molar-refractivity contribution < 1.29 is 38.6 Å². The molecule has 8 nitrogen and oxygen atoms in total. The van der Waals surface area contributed by atoms with Crippen LogP contribution in [0.5, 0.6) is 11.5 Å². The van der Waals surface area contributed by atoms with Gasteiger partial charge in [0, 0.05) is 12.1 Å². The predicted molar refractivity (Wildman–Crippen MR) is 128 cm³/mol. The lowest BCUT2D eigenvalue weighted by Gasteiger charge is -2.30. The van der Waals surface area contributed by atoms with Gasteiger partial charge in [-0.2, -0.15) is 0 Å². The largest absolute Gasteiger partial charge is 0.497 e. The summed E-state index contributed by atoms with van der Waals surface area (Å²) in [6, 6.07) is 14.9. The van der Waals surface area contributed by atoms with E-state index in [2.05, 4.69) is 18.7 Å². The van der Waals surface area contributed by atoms with Gasteiger partial charge in [0.05, 0.1) is 25.9 Å². The molecule has 0 aromatic heterocycles. The van der Waals surface area contributed by atoms with Crippen molar-refractivity contribution >= 4 is 11.7 Å². The second-order valence-corrected chi connectivity index (χ2v) is 8.27. The fraction of sp³-hybridized carbons (Fsp3) is 0.423. The van der Waals surface area contributed by atoms with Gasteiger partial charge in [-0.3, -0.25) is 4.90 Å². The molecule has 2 aromatic carbocycles. The van der Waals surface area contributed by atoms with E-state index in [-0.39, 0.29) is 6.61 Å². The SMILES string of the molecule is C=CCOCCOc1ccc(C(=O)OCC(O)C[NH+]2CC[NH+](c3ccc(OC)cc3)CC2)cc1. The van der Waals surface area contributed by atoms with Gasteiger partial charge >= 0.3 is 5.97 Å². The molecule has 1 fully saturated rings. The maximum atomic E-state index is 12.3. The Kier molecular flexibility index (Phi) is 10.4. The molecule has 8 heteroatoms.